The third-order valence-corrected chi connectivity index (χ3v) is 28.8. The lowest BCUT2D eigenvalue weighted by Gasteiger charge is -2.32. The van der Waals surface area contributed by atoms with Gasteiger partial charge in [-0.05, 0) is 100 Å². The lowest BCUT2D eigenvalue weighted by atomic mass is 10.0. The Bertz CT molecular complexity index is 1770. The lowest BCUT2D eigenvalue weighted by molar-refractivity contribution is -0.890. The van der Waals surface area contributed by atoms with Crippen LogP contribution < -0.4 is 0 Å². The number of nitrogens with zero attached hydrogens (tertiary/aromatic N) is 3. The molecular formula is C86H185N3O12Si3+2. The number of hydrogen-bond acceptors (Lipinski definition) is 13. The first-order chi connectivity index (χ1) is 50.1. The van der Waals surface area contributed by atoms with E-state index in [1.54, 1.807) is 0 Å². The highest BCUT2D eigenvalue weighted by molar-refractivity contribution is 6.60. The summed E-state index contributed by atoms with van der Waals surface area (Å²) in [5, 5.41) is 0. The zero-order chi connectivity index (χ0) is 76.8. The highest BCUT2D eigenvalue weighted by Gasteiger charge is 2.41. The van der Waals surface area contributed by atoms with Gasteiger partial charge in [0.2, 0.25) is 0 Å². The summed E-state index contributed by atoms with van der Waals surface area (Å²) >= 11 is 0. The summed E-state index contributed by atoms with van der Waals surface area (Å²) in [4.78, 5) is 38.0. The molecule has 0 amide bonds. The summed E-state index contributed by atoms with van der Waals surface area (Å²) in [6.45, 7) is 26.6. The summed E-state index contributed by atoms with van der Waals surface area (Å²) in [6, 6.07) is 1.46. The number of ether oxygens (including phenoxy) is 3. The molecule has 0 rings (SSSR count). The molecule has 104 heavy (non-hydrogen) atoms. The van der Waals surface area contributed by atoms with Crippen LogP contribution in [0.1, 0.15) is 390 Å². The third-order valence-electron chi connectivity index (χ3n) is 21.3. The molecule has 0 aromatic heterocycles. The average molecular weight is 1540 g/mol. The van der Waals surface area contributed by atoms with Crippen LogP contribution >= 0.6 is 0 Å². The van der Waals surface area contributed by atoms with Crippen LogP contribution in [0, 0.1) is 0 Å². The second kappa shape index (κ2) is 72.0. The van der Waals surface area contributed by atoms with Crippen LogP contribution in [0.4, 0.5) is 0 Å². The van der Waals surface area contributed by atoms with E-state index in [4.69, 9.17) is 40.8 Å². The molecular weight excluding hydrogens is 1350 g/mol. The summed E-state index contributed by atoms with van der Waals surface area (Å²) < 4.78 is 58.4. The van der Waals surface area contributed by atoms with E-state index in [1.807, 2.05) is 41.5 Å². The number of unbranched alkanes of at least 4 members (excludes halogenated alkanes) is 45. The molecule has 0 aliphatic rings. The van der Waals surface area contributed by atoms with Crippen molar-refractivity contribution < 1.29 is 64.1 Å². The number of hydrogen-bond donors (Lipinski definition) is 3. The van der Waals surface area contributed by atoms with Crippen LogP contribution in [0.2, 0.25) is 18.1 Å². The Hall–Kier alpha value is 0.0506. The molecule has 0 bridgehead atoms. The maximum atomic E-state index is 11.9. The van der Waals surface area contributed by atoms with E-state index in [9.17, 15) is 14.4 Å². The molecule has 7 atom stereocenters. The van der Waals surface area contributed by atoms with Gasteiger partial charge in [-0.25, -0.2) is 0 Å². The van der Waals surface area contributed by atoms with Crippen molar-refractivity contribution >= 4 is 26.4 Å². The molecule has 0 heterocycles. The molecule has 0 fully saturated rings. The molecule has 0 aliphatic carbocycles. The first-order valence-corrected chi connectivity index (χ1v) is 51.3. The Morgan fingerprint density at radius 3 is 0.769 bits per heavy atom. The van der Waals surface area contributed by atoms with Crippen LogP contribution in [0.3, 0.4) is 0 Å². The van der Waals surface area contributed by atoms with E-state index < -0.39 is 50.8 Å². The van der Waals surface area contributed by atoms with Crippen molar-refractivity contribution in [1.82, 2.24) is 4.90 Å². The Kier molecular flexibility index (Phi) is 72.1. The van der Waals surface area contributed by atoms with Gasteiger partial charge in [-0.3, -0.25) is 0 Å². The maximum absolute atomic E-state index is 11.9. The summed E-state index contributed by atoms with van der Waals surface area (Å²) in [6.07, 6.45) is 66.6. The molecule has 15 nitrogen and oxygen atoms in total. The molecule has 7 unspecified atom stereocenters. The largest absolute Gasteiger partial charge is 0.498 e. The SMILES string of the molecule is CCCCCCCCCCCCCCCCCCN(C)CCC[Si](O)(OCC)OC(C)COCC(COCC(C)O[Si](O)(CCC[N+](C)(C)CCCCCCCCCCCCCCCCCC)OCC)OCC(C)O[Si](O)(CCC[N+](C)(C)CCCCCCCCCCCCCCCCCC)OCC. The van der Waals surface area contributed by atoms with Crippen LogP contribution in [0.15, 0.2) is 0 Å². The molecule has 0 saturated heterocycles. The van der Waals surface area contributed by atoms with Gasteiger partial charge in [-0.2, -0.15) is 0 Å². The Labute approximate surface area is 651 Å². The zero-order valence-corrected chi connectivity index (χ0v) is 75.3. The van der Waals surface area contributed by atoms with Crippen molar-refractivity contribution in [3.63, 3.8) is 0 Å². The van der Waals surface area contributed by atoms with Crippen molar-refractivity contribution in [3.8, 4) is 0 Å². The second-order valence-electron chi connectivity index (χ2n) is 33.5. The van der Waals surface area contributed by atoms with E-state index in [0.29, 0.717) is 38.0 Å². The van der Waals surface area contributed by atoms with E-state index in [0.717, 1.165) is 67.5 Å². The molecule has 0 spiro atoms. The number of rotatable bonds is 86. The van der Waals surface area contributed by atoms with Crippen molar-refractivity contribution in [2.75, 3.05) is 127 Å². The fourth-order valence-electron chi connectivity index (χ4n) is 14.8. The molecule has 0 aliphatic heterocycles. The topological polar surface area (TPSA) is 147 Å². The van der Waals surface area contributed by atoms with Gasteiger partial charge >= 0.3 is 26.4 Å². The van der Waals surface area contributed by atoms with Gasteiger partial charge in [0.15, 0.2) is 0 Å². The van der Waals surface area contributed by atoms with Crippen LogP contribution in [-0.2, 0) is 40.8 Å². The molecule has 0 saturated carbocycles. The average Bonchev–Trinajstić information content (AvgIpc) is 0.886. The normalized spacial score (nSPS) is 15.4. The molecule has 626 valence electrons. The quantitative estimate of drug-likeness (QED) is 0.0302. The molecule has 0 aromatic carbocycles. The van der Waals surface area contributed by atoms with Crippen LogP contribution in [0.25, 0.3) is 0 Å². The first-order valence-electron chi connectivity index (χ1n) is 45.4. The fourth-order valence-corrected chi connectivity index (χ4v) is 21.1. The Morgan fingerprint density at radius 1 is 0.279 bits per heavy atom. The minimum atomic E-state index is -3.53. The summed E-state index contributed by atoms with van der Waals surface area (Å²) in [5.74, 6) is 0. The minimum Gasteiger partial charge on any atom is -0.390 e. The fraction of sp³-hybridized carbons (Fsp3) is 1.00. The van der Waals surface area contributed by atoms with Gasteiger partial charge in [0.1, 0.15) is 6.10 Å². The minimum absolute atomic E-state index is 0.189. The van der Waals surface area contributed by atoms with Crippen LogP contribution in [0.5, 0.6) is 0 Å². The van der Waals surface area contributed by atoms with E-state index in [-0.39, 0.29) is 33.0 Å². The number of quaternary nitrogens is 2. The summed E-state index contributed by atoms with van der Waals surface area (Å²) in [7, 11) is 0.900. The predicted molar refractivity (Wildman–Crippen MR) is 450 cm³/mol. The lowest BCUT2D eigenvalue weighted by Crippen LogP contribution is -2.48. The maximum Gasteiger partial charge on any atom is 0.498 e. The van der Waals surface area contributed by atoms with Gasteiger partial charge < -0.3 is 69.0 Å². The monoisotopic (exact) mass is 1540 g/mol. The van der Waals surface area contributed by atoms with Gasteiger partial charge in [0.05, 0.1) is 106 Å². The highest BCUT2D eigenvalue weighted by atomic mass is 28.4. The van der Waals surface area contributed by atoms with E-state index in [1.165, 1.54) is 308 Å². The Balaban J connectivity index is 5.41. The first kappa shape index (κ1) is 104. The molecule has 18 heteroatoms. The zero-order valence-electron chi connectivity index (χ0n) is 72.3. The van der Waals surface area contributed by atoms with E-state index >= 15 is 0 Å². The predicted octanol–water partition coefficient (Wildman–Crippen LogP) is 22.6. The highest BCUT2D eigenvalue weighted by Crippen LogP contribution is 2.24. The van der Waals surface area contributed by atoms with Crippen molar-refractivity contribution in [1.29, 1.82) is 0 Å². The van der Waals surface area contributed by atoms with E-state index in [2.05, 4.69) is 60.9 Å². The van der Waals surface area contributed by atoms with Crippen molar-refractivity contribution in [3.05, 3.63) is 0 Å². The van der Waals surface area contributed by atoms with Gasteiger partial charge in [-0.15, -0.1) is 0 Å². The molecule has 0 radical (unpaired) electrons. The molecule has 0 aromatic rings. The standard InChI is InChI=1S/C86H185N3O12Si3/c1-15-21-24-27-30-33-36-39-42-45-48-51-54-57-60-63-69-87(10)70-66-75-102(90,96-18-4)99-83(7)78-93-81-86(95-80-85(9)101-104(92,98-20-6)77-68-74-89(13,14)72-65-62-59-56-53-50-47-44-41-38-35-32-29-26-23-17-3)82-94-79-84(8)100-103(91,97-19-5)76-67-73-88(11,12)71-64-61-58-55-52-49-46-43-40-37-34-31-28-25-22-16-2/h83-86,90-92H,15-82H2,1-14H3/q+2. The van der Waals surface area contributed by atoms with Crippen molar-refractivity contribution in [2.45, 2.75) is 432 Å². The van der Waals surface area contributed by atoms with Gasteiger partial charge in [0.25, 0.3) is 0 Å². The van der Waals surface area contributed by atoms with Gasteiger partial charge in [0, 0.05) is 50.8 Å². The third kappa shape index (κ3) is 68.8. The van der Waals surface area contributed by atoms with Crippen LogP contribution in [-0.4, -0.2) is 206 Å². The van der Waals surface area contributed by atoms with Gasteiger partial charge in [-0.1, -0.05) is 297 Å². The van der Waals surface area contributed by atoms with Crippen molar-refractivity contribution in [2.24, 2.45) is 0 Å². The molecule has 3 N–H and O–H groups in total. The second-order valence-corrected chi connectivity index (χ2v) is 40.9. The smallest absolute Gasteiger partial charge is 0.390 e. The summed E-state index contributed by atoms with van der Waals surface area (Å²) in [5.41, 5.74) is 0. The Morgan fingerprint density at radius 2 is 0.500 bits per heavy atom.